The van der Waals surface area contributed by atoms with Crippen molar-refractivity contribution in [1.29, 1.82) is 0 Å². The van der Waals surface area contributed by atoms with Gasteiger partial charge < -0.3 is 28.8 Å². The topological polar surface area (TPSA) is 66.4 Å². The molecule has 0 spiro atoms. The third-order valence-electron chi connectivity index (χ3n) is 10.6. The van der Waals surface area contributed by atoms with Gasteiger partial charge in [0.05, 0.1) is 35.0 Å². The Morgan fingerprint density at radius 1 is 0.627 bits per heavy atom. The van der Waals surface area contributed by atoms with Gasteiger partial charge in [0.2, 0.25) is 0 Å². The molecular formula is C45H40O6. The fourth-order valence-corrected chi connectivity index (χ4v) is 7.95. The molecule has 256 valence electrons. The van der Waals surface area contributed by atoms with Gasteiger partial charge in [-0.05, 0) is 92.9 Å². The summed E-state index contributed by atoms with van der Waals surface area (Å²) in [6, 6.07) is 35.1. The molecule has 1 aliphatic carbocycles. The van der Waals surface area contributed by atoms with E-state index in [9.17, 15) is 5.11 Å². The maximum absolute atomic E-state index is 9.61. The van der Waals surface area contributed by atoms with Crippen LogP contribution in [0.5, 0.6) is 28.7 Å². The van der Waals surface area contributed by atoms with Gasteiger partial charge in [-0.15, -0.1) is 0 Å². The van der Waals surface area contributed by atoms with Crippen LogP contribution >= 0.6 is 0 Å². The van der Waals surface area contributed by atoms with E-state index >= 15 is 0 Å². The number of rotatable bonds is 8. The van der Waals surface area contributed by atoms with E-state index in [4.69, 9.17) is 23.7 Å². The average molecular weight is 677 g/mol. The van der Waals surface area contributed by atoms with Crippen molar-refractivity contribution < 1.29 is 28.8 Å². The van der Waals surface area contributed by atoms with E-state index in [0.717, 1.165) is 61.4 Å². The van der Waals surface area contributed by atoms with Crippen molar-refractivity contribution in [2.24, 2.45) is 0 Å². The molecule has 0 radical (unpaired) electrons. The Labute approximate surface area is 298 Å². The quantitative estimate of drug-likeness (QED) is 0.173. The molecule has 0 bridgehead atoms. The molecule has 0 unspecified atom stereocenters. The summed E-state index contributed by atoms with van der Waals surface area (Å²) >= 11 is 0. The van der Waals surface area contributed by atoms with Gasteiger partial charge in [0.1, 0.15) is 17.2 Å². The van der Waals surface area contributed by atoms with E-state index < -0.39 is 5.60 Å². The van der Waals surface area contributed by atoms with Crippen LogP contribution in [0.25, 0.3) is 39.1 Å². The van der Waals surface area contributed by atoms with E-state index in [1.165, 1.54) is 22.3 Å². The molecule has 0 fully saturated rings. The second-order valence-electron chi connectivity index (χ2n) is 13.6. The molecular weight excluding hydrogens is 636 g/mol. The summed E-state index contributed by atoms with van der Waals surface area (Å²) in [6.45, 7) is 4.62. The first kappa shape index (κ1) is 32.5. The van der Waals surface area contributed by atoms with E-state index in [1.807, 2.05) is 42.5 Å². The molecule has 0 atom stereocenters. The number of ether oxygens (including phenoxy) is 5. The Kier molecular flexibility index (Phi) is 7.80. The second-order valence-corrected chi connectivity index (χ2v) is 13.6. The van der Waals surface area contributed by atoms with Crippen LogP contribution < -0.4 is 23.7 Å². The Hall–Kier alpha value is -5.72. The SMILES string of the molecule is COc1ccc(C2(c3ccc(OC)cc3)C=Cc3c4c(c5cc(OC)c(OC)cc5c3O2)-c2ccc(-c3ccc(CO)cc3)cc2C4(C)C)cc1. The van der Waals surface area contributed by atoms with E-state index in [1.54, 1.807) is 28.4 Å². The van der Waals surface area contributed by atoms with Gasteiger partial charge in [0, 0.05) is 27.5 Å². The van der Waals surface area contributed by atoms with E-state index in [2.05, 4.69) is 86.7 Å². The Bertz CT molecular complexity index is 2270. The highest BCUT2D eigenvalue weighted by atomic mass is 16.5. The molecule has 0 amide bonds. The molecule has 51 heavy (non-hydrogen) atoms. The summed E-state index contributed by atoms with van der Waals surface area (Å²) in [6.07, 6.45) is 4.42. The third kappa shape index (κ3) is 4.96. The van der Waals surface area contributed by atoms with Crippen LogP contribution in [0.1, 0.15) is 47.2 Å². The third-order valence-corrected chi connectivity index (χ3v) is 10.6. The van der Waals surface area contributed by atoms with Crippen LogP contribution in [0, 0.1) is 0 Å². The van der Waals surface area contributed by atoms with Crippen LogP contribution in [-0.2, 0) is 17.6 Å². The van der Waals surface area contributed by atoms with Crippen molar-refractivity contribution in [3.8, 4) is 51.0 Å². The zero-order valence-corrected chi connectivity index (χ0v) is 29.7. The monoisotopic (exact) mass is 676 g/mol. The Balaban J connectivity index is 1.40. The first-order chi connectivity index (χ1) is 24.8. The van der Waals surface area contributed by atoms with Crippen LogP contribution in [0.15, 0.2) is 109 Å². The number of aliphatic hydroxyl groups is 1. The molecule has 0 saturated heterocycles. The lowest BCUT2D eigenvalue weighted by atomic mass is 9.76. The molecule has 6 heteroatoms. The number of benzene rings is 6. The smallest absolute Gasteiger partial charge is 0.178 e. The van der Waals surface area contributed by atoms with Gasteiger partial charge in [-0.2, -0.15) is 0 Å². The number of hydrogen-bond donors (Lipinski definition) is 1. The second kappa shape index (κ2) is 12.3. The highest BCUT2D eigenvalue weighted by Crippen LogP contribution is 2.59. The lowest BCUT2D eigenvalue weighted by Gasteiger charge is -2.38. The normalized spacial score (nSPS) is 14.6. The van der Waals surface area contributed by atoms with Crippen molar-refractivity contribution in [2.45, 2.75) is 31.5 Å². The fraction of sp³-hybridized carbons (Fsp3) is 0.200. The van der Waals surface area contributed by atoms with Crippen molar-refractivity contribution in [3.63, 3.8) is 0 Å². The number of aliphatic hydroxyl groups excluding tert-OH is 1. The molecule has 6 aromatic carbocycles. The maximum atomic E-state index is 9.61. The van der Waals surface area contributed by atoms with Crippen LogP contribution in [0.3, 0.4) is 0 Å². The highest BCUT2D eigenvalue weighted by molar-refractivity contribution is 6.09. The summed E-state index contributed by atoms with van der Waals surface area (Å²) in [4.78, 5) is 0. The minimum absolute atomic E-state index is 0.0209. The average Bonchev–Trinajstić information content (AvgIpc) is 3.43. The lowest BCUT2D eigenvalue weighted by molar-refractivity contribution is 0.163. The van der Waals surface area contributed by atoms with E-state index in [0.29, 0.717) is 11.5 Å². The fourth-order valence-electron chi connectivity index (χ4n) is 7.95. The number of methoxy groups -OCH3 is 4. The predicted molar refractivity (Wildman–Crippen MR) is 202 cm³/mol. The summed E-state index contributed by atoms with van der Waals surface area (Å²) in [5.41, 5.74) is 9.55. The van der Waals surface area contributed by atoms with Crippen molar-refractivity contribution >= 4 is 16.8 Å². The number of fused-ring (bicyclic) bond motifs is 8. The van der Waals surface area contributed by atoms with Gasteiger partial charge >= 0.3 is 0 Å². The zero-order valence-electron chi connectivity index (χ0n) is 29.7. The number of hydrogen-bond acceptors (Lipinski definition) is 6. The van der Waals surface area contributed by atoms with Crippen LogP contribution in [-0.4, -0.2) is 33.5 Å². The maximum Gasteiger partial charge on any atom is 0.178 e. The first-order valence-corrected chi connectivity index (χ1v) is 17.0. The zero-order chi connectivity index (χ0) is 35.5. The van der Waals surface area contributed by atoms with E-state index in [-0.39, 0.29) is 12.0 Å². The van der Waals surface area contributed by atoms with Crippen LogP contribution in [0.4, 0.5) is 0 Å². The molecule has 6 nitrogen and oxygen atoms in total. The summed E-state index contributed by atoms with van der Waals surface area (Å²) < 4.78 is 30.3. The Morgan fingerprint density at radius 2 is 1.20 bits per heavy atom. The summed E-state index contributed by atoms with van der Waals surface area (Å²) in [5.74, 6) is 3.60. The lowest BCUT2D eigenvalue weighted by Crippen LogP contribution is -2.35. The van der Waals surface area contributed by atoms with Gasteiger partial charge in [0.25, 0.3) is 0 Å². The van der Waals surface area contributed by atoms with Gasteiger partial charge in [-0.1, -0.05) is 80.6 Å². The minimum Gasteiger partial charge on any atom is -0.497 e. The van der Waals surface area contributed by atoms with Crippen molar-refractivity contribution in [1.82, 2.24) is 0 Å². The van der Waals surface area contributed by atoms with Crippen molar-refractivity contribution in [2.75, 3.05) is 28.4 Å². The molecule has 1 N–H and O–H groups in total. The summed E-state index contributed by atoms with van der Waals surface area (Å²) in [7, 11) is 6.68. The molecule has 2 aliphatic rings. The van der Waals surface area contributed by atoms with Gasteiger partial charge in [0.15, 0.2) is 17.1 Å². The van der Waals surface area contributed by atoms with Gasteiger partial charge in [-0.3, -0.25) is 0 Å². The predicted octanol–water partition coefficient (Wildman–Crippen LogP) is 9.69. The minimum atomic E-state index is -0.955. The largest absolute Gasteiger partial charge is 0.497 e. The van der Waals surface area contributed by atoms with Crippen molar-refractivity contribution in [3.05, 3.63) is 143 Å². The molecule has 8 rings (SSSR count). The Morgan fingerprint density at radius 3 is 1.75 bits per heavy atom. The molecule has 0 aromatic heterocycles. The molecule has 1 aliphatic heterocycles. The molecule has 0 saturated carbocycles. The highest BCUT2D eigenvalue weighted by Gasteiger charge is 2.44. The standard InChI is InChI=1S/C45H40O6/c1-44(2)38-23-29(28-9-7-27(26-46)8-10-28)11-20-34(38)41-36-24-39(49-5)40(50-6)25-37(36)43-35(42(41)44)21-22-45(51-43,30-12-16-32(47-3)17-13-30)31-14-18-33(48-4)19-15-31/h7-25,46H,26H2,1-6H3. The van der Waals surface area contributed by atoms with Gasteiger partial charge in [-0.25, -0.2) is 0 Å². The molecule has 6 aromatic rings. The first-order valence-electron chi connectivity index (χ1n) is 17.0. The summed E-state index contributed by atoms with van der Waals surface area (Å²) in [5, 5.41) is 11.6. The van der Waals surface area contributed by atoms with Crippen LogP contribution in [0.2, 0.25) is 0 Å². The molecule has 1 heterocycles.